The van der Waals surface area contributed by atoms with Crippen LogP contribution in [0.15, 0.2) is 29.3 Å². The summed E-state index contributed by atoms with van der Waals surface area (Å²) < 4.78 is 17.4. The number of benzene rings is 1. The topological polar surface area (TPSA) is 55.3 Å². The van der Waals surface area contributed by atoms with Gasteiger partial charge < -0.3 is 24.4 Å². The number of piperidine rings is 1. The summed E-state index contributed by atoms with van der Waals surface area (Å²) in [5.41, 5.74) is 1.20. The van der Waals surface area contributed by atoms with Crippen LogP contribution < -0.4 is 10.1 Å². The fraction of sp³-hybridized carbons (Fsp3) is 0.696. The number of ether oxygens (including phenoxy) is 3. The first-order chi connectivity index (χ1) is 14.3. The quantitative estimate of drug-likeness (QED) is 0.314. The van der Waals surface area contributed by atoms with Gasteiger partial charge in [-0.2, -0.15) is 0 Å². The van der Waals surface area contributed by atoms with Gasteiger partial charge in [0.2, 0.25) is 0 Å². The van der Waals surface area contributed by atoms with Gasteiger partial charge in [0, 0.05) is 32.8 Å². The van der Waals surface area contributed by atoms with Crippen LogP contribution in [0.4, 0.5) is 0 Å². The lowest BCUT2D eigenvalue weighted by molar-refractivity contribution is -0.0721. The first-order valence-corrected chi connectivity index (χ1v) is 11.2. The molecule has 0 amide bonds. The van der Waals surface area contributed by atoms with Crippen molar-refractivity contribution in [3.63, 3.8) is 0 Å². The summed E-state index contributed by atoms with van der Waals surface area (Å²) in [7, 11) is 1.72. The Morgan fingerprint density at radius 1 is 1.20 bits per heavy atom. The van der Waals surface area contributed by atoms with Crippen molar-refractivity contribution >= 4 is 29.9 Å². The van der Waals surface area contributed by atoms with Crippen LogP contribution in [-0.2, 0) is 15.9 Å². The fourth-order valence-electron chi connectivity index (χ4n) is 4.03. The third-order valence-electron chi connectivity index (χ3n) is 5.70. The summed E-state index contributed by atoms with van der Waals surface area (Å²) in [5.74, 6) is 1.95. The Kier molecular flexibility index (Phi) is 11.8. The molecule has 0 spiro atoms. The van der Waals surface area contributed by atoms with E-state index in [0.29, 0.717) is 12.2 Å². The maximum Gasteiger partial charge on any atom is 0.193 e. The molecule has 0 radical (unpaired) electrons. The van der Waals surface area contributed by atoms with Crippen LogP contribution in [0.25, 0.3) is 0 Å². The number of likely N-dealkylation sites (tertiary alicyclic amines) is 1. The van der Waals surface area contributed by atoms with Gasteiger partial charge in [0.15, 0.2) is 5.96 Å². The molecule has 3 rings (SSSR count). The zero-order valence-electron chi connectivity index (χ0n) is 18.5. The highest BCUT2D eigenvalue weighted by molar-refractivity contribution is 14.0. The monoisotopic (exact) mass is 531 g/mol. The summed E-state index contributed by atoms with van der Waals surface area (Å²) in [6.45, 7) is 7.35. The lowest BCUT2D eigenvalue weighted by atomic mass is 10.1. The summed E-state index contributed by atoms with van der Waals surface area (Å²) in [5, 5.41) is 3.45. The molecule has 30 heavy (non-hydrogen) atoms. The van der Waals surface area contributed by atoms with E-state index < -0.39 is 0 Å². The highest BCUT2D eigenvalue weighted by Gasteiger charge is 2.23. The van der Waals surface area contributed by atoms with Gasteiger partial charge in [-0.1, -0.05) is 18.2 Å². The van der Waals surface area contributed by atoms with E-state index in [9.17, 15) is 0 Å². The van der Waals surface area contributed by atoms with E-state index >= 15 is 0 Å². The van der Waals surface area contributed by atoms with E-state index in [0.717, 1.165) is 76.8 Å². The van der Waals surface area contributed by atoms with Crippen molar-refractivity contribution in [1.82, 2.24) is 10.2 Å². The van der Waals surface area contributed by atoms with Crippen molar-refractivity contribution in [2.75, 3.05) is 46.5 Å². The van der Waals surface area contributed by atoms with Crippen LogP contribution in [0, 0.1) is 0 Å². The van der Waals surface area contributed by atoms with Crippen molar-refractivity contribution in [2.45, 2.75) is 57.7 Å². The van der Waals surface area contributed by atoms with Crippen LogP contribution in [0.3, 0.4) is 0 Å². The van der Waals surface area contributed by atoms with Gasteiger partial charge in [-0.05, 0) is 57.1 Å². The number of rotatable bonds is 8. The van der Waals surface area contributed by atoms with E-state index in [1.807, 2.05) is 12.1 Å². The Bertz CT molecular complexity index is 630. The Morgan fingerprint density at radius 3 is 2.70 bits per heavy atom. The highest BCUT2D eigenvalue weighted by Crippen LogP contribution is 2.19. The number of aliphatic imine (C=N–C) groups is 1. The van der Waals surface area contributed by atoms with Crippen LogP contribution in [0.5, 0.6) is 5.75 Å². The van der Waals surface area contributed by atoms with Gasteiger partial charge in [0.25, 0.3) is 0 Å². The molecule has 7 heteroatoms. The summed E-state index contributed by atoms with van der Waals surface area (Å²) >= 11 is 0. The lowest BCUT2D eigenvalue weighted by Crippen LogP contribution is -2.47. The molecule has 0 aliphatic carbocycles. The second kappa shape index (κ2) is 14.1. The number of guanidine groups is 1. The van der Waals surface area contributed by atoms with Crippen LogP contribution in [-0.4, -0.2) is 69.6 Å². The summed E-state index contributed by atoms with van der Waals surface area (Å²) in [6, 6.07) is 8.17. The predicted molar refractivity (Wildman–Crippen MR) is 132 cm³/mol. The second-order valence-corrected chi connectivity index (χ2v) is 7.81. The molecule has 0 bridgehead atoms. The van der Waals surface area contributed by atoms with E-state index in [1.54, 1.807) is 7.11 Å². The number of hydrogen-bond donors (Lipinski definition) is 1. The fourth-order valence-corrected chi connectivity index (χ4v) is 4.03. The minimum absolute atomic E-state index is 0. The van der Waals surface area contributed by atoms with Crippen molar-refractivity contribution in [3.8, 4) is 5.75 Å². The Balaban J connectivity index is 0.00000320. The Labute approximate surface area is 198 Å². The Morgan fingerprint density at radius 2 is 2.00 bits per heavy atom. The third-order valence-corrected chi connectivity index (χ3v) is 5.70. The minimum atomic E-state index is 0. The molecule has 2 heterocycles. The van der Waals surface area contributed by atoms with Crippen molar-refractivity contribution in [3.05, 3.63) is 29.8 Å². The molecule has 1 N–H and O–H groups in total. The van der Waals surface area contributed by atoms with Gasteiger partial charge in [-0.15, -0.1) is 24.0 Å². The number of halogens is 1. The molecule has 0 aromatic heterocycles. The standard InChI is InChI=1S/C23H37N3O3.HI/c1-3-24-23(25-14-11-19-8-4-5-10-22(19)27-2)26-15-12-20(13-16-26)29-18-21-9-6-7-17-28-21;/h4-5,8,10,20-21H,3,6-7,9,11-18H2,1-2H3,(H,24,25);1H. The van der Waals surface area contributed by atoms with E-state index in [1.165, 1.54) is 18.4 Å². The molecule has 2 aliphatic heterocycles. The molecule has 1 unspecified atom stereocenters. The van der Waals surface area contributed by atoms with E-state index in [4.69, 9.17) is 19.2 Å². The number of hydrogen-bond acceptors (Lipinski definition) is 4. The summed E-state index contributed by atoms with van der Waals surface area (Å²) in [6.07, 6.45) is 7.21. The van der Waals surface area contributed by atoms with Gasteiger partial charge >= 0.3 is 0 Å². The van der Waals surface area contributed by atoms with Gasteiger partial charge in [-0.3, -0.25) is 4.99 Å². The maximum atomic E-state index is 6.15. The highest BCUT2D eigenvalue weighted by atomic mass is 127. The zero-order valence-corrected chi connectivity index (χ0v) is 20.8. The first kappa shape index (κ1) is 25.2. The van der Waals surface area contributed by atoms with Crippen molar-refractivity contribution < 1.29 is 14.2 Å². The molecule has 0 saturated carbocycles. The maximum absolute atomic E-state index is 6.15. The molecule has 2 saturated heterocycles. The number of methoxy groups -OCH3 is 1. The first-order valence-electron chi connectivity index (χ1n) is 11.2. The van der Waals surface area contributed by atoms with Crippen molar-refractivity contribution in [1.29, 1.82) is 0 Å². The lowest BCUT2D eigenvalue weighted by Gasteiger charge is -2.35. The van der Waals surface area contributed by atoms with Crippen LogP contribution in [0.2, 0.25) is 0 Å². The van der Waals surface area contributed by atoms with Gasteiger partial charge in [-0.25, -0.2) is 0 Å². The van der Waals surface area contributed by atoms with Gasteiger partial charge in [0.05, 0.1) is 25.9 Å². The van der Waals surface area contributed by atoms with E-state index in [-0.39, 0.29) is 24.0 Å². The number of nitrogens with zero attached hydrogens (tertiary/aromatic N) is 2. The van der Waals surface area contributed by atoms with Crippen LogP contribution >= 0.6 is 24.0 Å². The molecular weight excluding hydrogens is 493 g/mol. The molecule has 170 valence electrons. The molecular formula is C23H38IN3O3. The SMILES string of the molecule is CCNC(=NCCc1ccccc1OC)N1CCC(OCC2CCCCO2)CC1.I. The molecule has 1 atom stereocenters. The average molecular weight is 531 g/mol. The van der Waals surface area contributed by atoms with Crippen LogP contribution in [0.1, 0.15) is 44.6 Å². The largest absolute Gasteiger partial charge is 0.496 e. The summed E-state index contributed by atoms with van der Waals surface area (Å²) in [4.78, 5) is 7.23. The average Bonchev–Trinajstić information content (AvgIpc) is 2.78. The third kappa shape index (κ3) is 7.89. The molecule has 2 aliphatic rings. The molecule has 6 nitrogen and oxygen atoms in total. The van der Waals surface area contributed by atoms with E-state index in [2.05, 4.69) is 29.3 Å². The van der Waals surface area contributed by atoms with Crippen molar-refractivity contribution in [2.24, 2.45) is 4.99 Å². The van der Waals surface area contributed by atoms with Gasteiger partial charge in [0.1, 0.15) is 5.75 Å². The zero-order chi connectivity index (χ0) is 20.3. The molecule has 1 aromatic carbocycles. The smallest absolute Gasteiger partial charge is 0.193 e. The normalized spacial score (nSPS) is 20.5. The number of nitrogens with one attached hydrogen (secondary N) is 1. The Hall–Kier alpha value is -1.06. The minimum Gasteiger partial charge on any atom is -0.496 e. The number of para-hydroxylation sites is 1. The molecule has 2 fully saturated rings. The predicted octanol–water partition coefficient (Wildman–Crippen LogP) is 3.87. The second-order valence-electron chi connectivity index (χ2n) is 7.81. The molecule has 1 aromatic rings.